The lowest BCUT2D eigenvalue weighted by Gasteiger charge is -2.15. The Balaban J connectivity index is 1.69. The summed E-state index contributed by atoms with van der Waals surface area (Å²) in [4.78, 5) is 2.09. The third kappa shape index (κ3) is 3.45. The number of para-hydroxylation sites is 1. The molecular formula is C16H20N6OS. The smallest absolute Gasteiger partial charge is 0.198 e. The summed E-state index contributed by atoms with van der Waals surface area (Å²) in [5.41, 5.74) is 2.14. The number of rotatable bonds is 6. The highest BCUT2D eigenvalue weighted by Gasteiger charge is 2.10. The van der Waals surface area contributed by atoms with Gasteiger partial charge in [-0.1, -0.05) is 18.2 Å². The first-order chi connectivity index (χ1) is 11.6. The number of hydrogen-bond donors (Lipinski definition) is 1. The van der Waals surface area contributed by atoms with Gasteiger partial charge in [0.15, 0.2) is 10.6 Å². The minimum absolute atomic E-state index is 0.124. The van der Waals surface area contributed by atoms with E-state index in [4.69, 9.17) is 12.2 Å². The van der Waals surface area contributed by atoms with E-state index in [1.165, 1.54) is 0 Å². The molecule has 0 amide bonds. The molecule has 3 rings (SSSR count). The molecule has 24 heavy (non-hydrogen) atoms. The Hall–Kier alpha value is -2.29. The Morgan fingerprint density at radius 2 is 2.00 bits per heavy atom. The second-order valence-electron chi connectivity index (χ2n) is 5.70. The van der Waals surface area contributed by atoms with Crippen molar-refractivity contribution < 1.29 is 5.11 Å². The topological polar surface area (TPSA) is 64.0 Å². The molecule has 0 aliphatic heterocycles. The van der Waals surface area contributed by atoms with Gasteiger partial charge in [0, 0.05) is 25.4 Å². The fourth-order valence-corrected chi connectivity index (χ4v) is 2.72. The van der Waals surface area contributed by atoms with Gasteiger partial charge in [-0.3, -0.25) is 4.90 Å². The maximum Gasteiger partial charge on any atom is 0.198 e. The quantitative estimate of drug-likeness (QED) is 0.690. The highest BCUT2D eigenvalue weighted by Crippen LogP contribution is 2.10. The Kier molecular flexibility index (Phi) is 4.89. The van der Waals surface area contributed by atoms with Crippen molar-refractivity contribution in [1.29, 1.82) is 0 Å². The minimum Gasteiger partial charge on any atom is -0.388 e. The van der Waals surface area contributed by atoms with Crippen LogP contribution in [-0.4, -0.2) is 41.2 Å². The van der Waals surface area contributed by atoms with Gasteiger partial charge in [-0.05, 0) is 31.4 Å². The summed E-state index contributed by atoms with van der Waals surface area (Å²) in [6.45, 7) is 1.14. The molecule has 0 unspecified atom stereocenters. The molecule has 1 N–H and O–H groups in total. The van der Waals surface area contributed by atoms with Crippen molar-refractivity contribution in [2.24, 2.45) is 7.05 Å². The van der Waals surface area contributed by atoms with Crippen molar-refractivity contribution in [3.8, 4) is 5.69 Å². The maximum absolute atomic E-state index is 9.27. The lowest BCUT2D eigenvalue weighted by atomic mass is 10.3. The summed E-state index contributed by atoms with van der Waals surface area (Å²) < 4.78 is 5.88. The van der Waals surface area contributed by atoms with Gasteiger partial charge in [-0.25, -0.2) is 9.36 Å². The molecule has 3 aromatic rings. The standard InChI is InChI=1S/C16H20N6OS/c1-19(12-22-16(24)20(2)15(11-23)18-22)9-13-8-17-21(10-13)14-6-4-3-5-7-14/h3-8,10,23H,9,11-12H2,1-2H3. The van der Waals surface area contributed by atoms with Gasteiger partial charge in [0.2, 0.25) is 0 Å². The Labute approximate surface area is 145 Å². The number of aromatic nitrogens is 5. The summed E-state index contributed by atoms with van der Waals surface area (Å²) >= 11 is 5.34. The van der Waals surface area contributed by atoms with Crippen LogP contribution in [0, 0.1) is 4.77 Å². The van der Waals surface area contributed by atoms with Gasteiger partial charge >= 0.3 is 0 Å². The van der Waals surface area contributed by atoms with E-state index in [0.717, 1.165) is 17.8 Å². The average Bonchev–Trinajstić information content (AvgIpc) is 3.15. The molecule has 7 nitrogen and oxygen atoms in total. The van der Waals surface area contributed by atoms with Crippen LogP contribution in [0.2, 0.25) is 0 Å². The molecule has 8 heteroatoms. The molecule has 1 aromatic carbocycles. The van der Waals surface area contributed by atoms with E-state index in [1.54, 1.807) is 16.3 Å². The first kappa shape index (κ1) is 16.6. The van der Waals surface area contributed by atoms with Gasteiger partial charge in [0.25, 0.3) is 0 Å². The van der Waals surface area contributed by atoms with Gasteiger partial charge in [0.05, 0.1) is 18.6 Å². The van der Waals surface area contributed by atoms with Crippen LogP contribution in [0.25, 0.3) is 5.69 Å². The van der Waals surface area contributed by atoms with Gasteiger partial charge in [-0.2, -0.15) is 10.2 Å². The molecule has 0 radical (unpaired) electrons. The Bertz CT molecular complexity index is 866. The fourth-order valence-electron chi connectivity index (χ4n) is 2.52. The summed E-state index contributed by atoms with van der Waals surface area (Å²) in [5, 5.41) is 18.0. The molecule has 0 aliphatic rings. The molecule has 2 aromatic heterocycles. The van der Waals surface area contributed by atoms with E-state index in [1.807, 2.05) is 54.5 Å². The van der Waals surface area contributed by atoms with Crippen LogP contribution in [-0.2, 0) is 26.9 Å². The summed E-state index contributed by atoms with van der Waals surface area (Å²) in [6.07, 6.45) is 3.88. The summed E-state index contributed by atoms with van der Waals surface area (Å²) in [6, 6.07) is 10.0. The van der Waals surface area contributed by atoms with Crippen molar-refractivity contribution in [3.63, 3.8) is 0 Å². The lowest BCUT2D eigenvalue weighted by Crippen LogP contribution is -2.22. The van der Waals surface area contributed by atoms with E-state index in [2.05, 4.69) is 15.1 Å². The van der Waals surface area contributed by atoms with Crippen LogP contribution in [0.3, 0.4) is 0 Å². The van der Waals surface area contributed by atoms with Gasteiger partial charge in [0.1, 0.15) is 6.61 Å². The van der Waals surface area contributed by atoms with Crippen molar-refractivity contribution in [3.05, 3.63) is 58.9 Å². The zero-order valence-corrected chi connectivity index (χ0v) is 14.5. The van der Waals surface area contributed by atoms with E-state index < -0.39 is 0 Å². The number of hydrogen-bond acceptors (Lipinski definition) is 5. The molecule has 0 saturated heterocycles. The number of nitrogens with zero attached hydrogens (tertiary/aromatic N) is 6. The van der Waals surface area contributed by atoms with Crippen molar-refractivity contribution >= 4 is 12.2 Å². The second kappa shape index (κ2) is 7.08. The molecule has 0 atom stereocenters. The van der Waals surface area contributed by atoms with E-state index in [-0.39, 0.29) is 6.61 Å². The van der Waals surface area contributed by atoms with Crippen molar-refractivity contribution in [2.45, 2.75) is 19.8 Å². The predicted molar refractivity (Wildman–Crippen MR) is 93.0 cm³/mol. The van der Waals surface area contributed by atoms with Gasteiger partial charge in [-0.15, -0.1) is 0 Å². The summed E-state index contributed by atoms with van der Waals surface area (Å²) in [5.74, 6) is 0.560. The SMILES string of the molecule is CN(Cc1cnn(-c2ccccc2)c1)Cn1nc(CO)n(C)c1=S. The molecule has 0 saturated carbocycles. The number of aliphatic hydroxyl groups is 1. The predicted octanol–water partition coefficient (Wildman–Crippen LogP) is 1.72. The third-order valence-electron chi connectivity index (χ3n) is 3.76. The van der Waals surface area contributed by atoms with Crippen LogP contribution in [0.15, 0.2) is 42.7 Å². The second-order valence-corrected chi connectivity index (χ2v) is 6.06. The number of benzene rings is 1. The maximum atomic E-state index is 9.27. The molecule has 126 valence electrons. The van der Waals surface area contributed by atoms with Crippen LogP contribution in [0.1, 0.15) is 11.4 Å². The van der Waals surface area contributed by atoms with E-state index >= 15 is 0 Å². The molecule has 0 bridgehead atoms. The Morgan fingerprint density at radius 3 is 2.67 bits per heavy atom. The van der Waals surface area contributed by atoms with Crippen molar-refractivity contribution in [2.75, 3.05) is 7.05 Å². The van der Waals surface area contributed by atoms with E-state index in [9.17, 15) is 5.11 Å². The van der Waals surface area contributed by atoms with Crippen molar-refractivity contribution in [1.82, 2.24) is 29.0 Å². The molecule has 0 aliphatic carbocycles. The van der Waals surface area contributed by atoms with Crippen LogP contribution < -0.4 is 0 Å². The van der Waals surface area contributed by atoms with Crippen LogP contribution in [0.4, 0.5) is 0 Å². The highest BCUT2D eigenvalue weighted by molar-refractivity contribution is 7.71. The zero-order valence-electron chi connectivity index (χ0n) is 13.7. The zero-order chi connectivity index (χ0) is 17.1. The molecule has 0 fully saturated rings. The largest absolute Gasteiger partial charge is 0.388 e. The minimum atomic E-state index is -0.124. The monoisotopic (exact) mass is 344 g/mol. The first-order valence-electron chi connectivity index (χ1n) is 7.59. The fraction of sp³-hybridized carbons (Fsp3) is 0.312. The van der Waals surface area contributed by atoms with Crippen LogP contribution in [0.5, 0.6) is 0 Å². The van der Waals surface area contributed by atoms with Crippen LogP contribution >= 0.6 is 12.2 Å². The summed E-state index contributed by atoms with van der Waals surface area (Å²) in [7, 11) is 3.80. The van der Waals surface area contributed by atoms with Gasteiger partial charge < -0.3 is 9.67 Å². The molecule has 0 spiro atoms. The molecule has 2 heterocycles. The van der Waals surface area contributed by atoms with E-state index in [0.29, 0.717) is 17.3 Å². The third-order valence-corrected chi connectivity index (χ3v) is 4.24. The highest BCUT2D eigenvalue weighted by atomic mass is 32.1. The first-order valence-corrected chi connectivity index (χ1v) is 8.00. The normalized spacial score (nSPS) is 11.3. The lowest BCUT2D eigenvalue weighted by molar-refractivity contribution is 0.238. The Morgan fingerprint density at radius 1 is 1.25 bits per heavy atom. The average molecular weight is 344 g/mol. The number of aliphatic hydroxyl groups excluding tert-OH is 1. The molecular weight excluding hydrogens is 324 g/mol.